The van der Waals surface area contributed by atoms with E-state index in [1.807, 2.05) is 91.2 Å². The second-order valence-corrected chi connectivity index (χ2v) is 31.3. The molecule has 3 fully saturated rings. The van der Waals surface area contributed by atoms with E-state index < -0.39 is 95.7 Å². The highest BCUT2D eigenvalue weighted by Gasteiger charge is 2.45. The first-order valence-corrected chi connectivity index (χ1v) is 40.0. The minimum Gasteiger partial charge on any atom is -0.431 e. The largest absolute Gasteiger partial charge is 0.431 e. The smallest absolute Gasteiger partial charge is 0.411 e. The molecule has 2 aromatic carbocycles. The number of hydrogen-bond donors (Lipinski definition) is 5. The van der Waals surface area contributed by atoms with Crippen LogP contribution in [0.15, 0.2) is 66.2 Å². The molecule has 3 aromatic rings. The van der Waals surface area contributed by atoms with Crippen molar-refractivity contribution >= 4 is 87.8 Å². The number of aromatic nitrogens is 1. The number of nitrogens with one attached hydrogen (secondary N) is 3. The average Bonchev–Trinajstić information content (AvgIpc) is 1.13. The van der Waals surface area contributed by atoms with Crippen LogP contribution in [-0.2, 0) is 63.8 Å². The van der Waals surface area contributed by atoms with E-state index >= 15 is 4.79 Å². The maximum Gasteiger partial charge on any atom is 0.411 e. The summed E-state index contributed by atoms with van der Waals surface area (Å²) in [5.74, 6) is -7.62. The lowest BCUT2D eigenvalue weighted by Crippen LogP contribution is -2.54. The molecule has 600 valence electrons. The SMILES string of the molecule is CC.CC[C@H](C)[C@@H]([C@@H](CC(=O)N1CCC[C@H]1[C@H](CO)[C@@H](C)C(=O)C[C@@H](Cc1ccccc1)c1nccs1)OC)N(C)C(=O)[C@@H](CC(=O)[C@H](C(C)C)N(C)C(=O)OC(C(=O)N1CCN(C)CC1)c1ccc(NC(=O)[C@H](CCCNC(N)=O)CC(=O)[C@@H](NC(=O)CCCCCN2C(=O)CCC2=O)C(C)C)cc1)C(C)C. The Labute approximate surface area is 644 Å². The predicted octanol–water partition coefficient (Wildman–Crippen LogP) is 9.62. The summed E-state index contributed by atoms with van der Waals surface area (Å²) in [6.45, 7) is 23.0. The second kappa shape index (κ2) is 45.2. The Bertz CT molecular complexity index is 3390. The molecule has 108 heavy (non-hydrogen) atoms. The molecule has 1 unspecified atom stereocenters. The summed E-state index contributed by atoms with van der Waals surface area (Å²) >= 11 is 1.51. The summed E-state index contributed by atoms with van der Waals surface area (Å²) < 4.78 is 12.4. The molecule has 6 rings (SSSR count). The minimum atomic E-state index is -1.51. The number of carbonyl (C=O) groups is 12. The Kier molecular flexibility index (Phi) is 37.9. The van der Waals surface area contributed by atoms with E-state index in [0.717, 1.165) is 10.6 Å². The number of likely N-dealkylation sites (tertiary alicyclic amines) is 2. The molecular formula is C81H125N11O15S. The van der Waals surface area contributed by atoms with E-state index in [-0.39, 0.29) is 147 Å². The van der Waals surface area contributed by atoms with Crippen LogP contribution in [0.5, 0.6) is 0 Å². The molecule has 3 saturated heterocycles. The Morgan fingerprint density at radius 3 is 1.99 bits per heavy atom. The number of carbonyl (C=O) groups excluding carboxylic acids is 12. The lowest BCUT2D eigenvalue weighted by molar-refractivity contribution is -0.148. The Balaban J connectivity index is 0.0000104. The first-order valence-electron chi connectivity index (χ1n) is 39.1. The summed E-state index contributed by atoms with van der Waals surface area (Å²) in [7, 11) is 6.54. The highest BCUT2D eigenvalue weighted by Crippen LogP contribution is 2.36. The van der Waals surface area contributed by atoms with Crippen molar-refractivity contribution in [3.05, 3.63) is 82.3 Å². The number of benzene rings is 2. The Hall–Kier alpha value is -8.01. The fourth-order valence-corrected chi connectivity index (χ4v) is 15.9. The van der Waals surface area contributed by atoms with Gasteiger partial charge in [-0.05, 0) is 93.4 Å². The monoisotopic (exact) mass is 1520 g/mol. The number of nitrogens with zero attached hydrogens (tertiary/aromatic N) is 7. The summed E-state index contributed by atoms with van der Waals surface area (Å²) in [4.78, 5) is 180. The van der Waals surface area contributed by atoms with Crippen molar-refractivity contribution in [3.8, 4) is 0 Å². The number of primary amides is 1. The number of thiazole rings is 1. The van der Waals surface area contributed by atoms with E-state index in [1.165, 1.54) is 47.4 Å². The minimum absolute atomic E-state index is 0.0108. The van der Waals surface area contributed by atoms with Gasteiger partial charge in [-0.2, -0.15) is 0 Å². The summed E-state index contributed by atoms with van der Waals surface area (Å²) in [5, 5.41) is 22.0. The third-order valence-corrected chi connectivity index (χ3v) is 22.6. The number of piperazine rings is 1. The molecule has 1 aromatic heterocycles. The standard InChI is InChI=1S/C79H119N11O15S.C2H6/c1-14-52(8)72(65(104-13)47-69(98)89-37-22-26-61(89)60(48-91)53(9)62(92)45-57(75-81-35-42-106-75)43-54-23-17-15-18-24-54)86(11)76(100)59(49(2)3)46-64(94)71(51(6)7)87(12)79(103)105-73(77(101)88-40-38-85(10)39-41-88)55-28-30-58(31-29-55)83-74(99)56(25-21-34-82-78(80)102)44-63(93)70(50(4)5)84-66(95)27-19-16-20-36-90-67(96)32-33-68(90)97;1-2/h15,17-18,23-24,28-31,35,42,49-53,56-57,59-61,65,70-73,91H,14,16,19-22,25-27,32-34,36-41,43-48H2,1-13H3,(H,83,99)(H,84,95)(H3,80,82,102);1-2H3/t52-,53+,56+,57+,59-,60+,61-,65+,70-,71-,72-,73?;/m0./s1. The number of nitrogens with two attached hydrogens (primary N) is 1. The average molecular weight is 1530 g/mol. The van der Waals surface area contributed by atoms with Crippen molar-refractivity contribution in [1.29, 1.82) is 0 Å². The van der Waals surface area contributed by atoms with Gasteiger partial charge in [0.05, 0.1) is 35.7 Å². The molecule has 4 heterocycles. The molecule has 10 amide bonds. The van der Waals surface area contributed by atoms with Gasteiger partial charge < -0.3 is 60.8 Å². The van der Waals surface area contributed by atoms with Gasteiger partial charge in [0.25, 0.3) is 5.91 Å². The lowest BCUT2D eigenvalue weighted by Gasteiger charge is -2.41. The van der Waals surface area contributed by atoms with Crippen LogP contribution >= 0.6 is 11.3 Å². The Morgan fingerprint density at radius 1 is 0.759 bits per heavy atom. The van der Waals surface area contributed by atoms with Gasteiger partial charge in [-0.15, -0.1) is 11.3 Å². The lowest BCUT2D eigenvalue weighted by atomic mass is 9.80. The van der Waals surface area contributed by atoms with Gasteiger partial charge in [-0.25, -0.2) is 14.6 Å². The fourth-order valence-electron chi connectivity index (χ4n) is 15.1. The highest BCUT2D eigenvalue weighted by atomic mass is 32.1. The summed E-state index contributed by atoms with van der Waals surface area (Å²) in [6, 6.07) is 12.3. The highest BCUT2D eigenvalue weighted by molar-refractivity contribution is 7.09. The Morgan fingerprint density at radius 2 is 1.42 bits per heavy atom. The van der Waals surface area contributed by atoms with Crippen molar-refractivity contribution in [2.45, 2.75) is 221 Å². The molecular weight excluding hydrogens is 1400 g/mol. The van der Waals surface area contributed by atoms with Gasteiger partial charge in [-0.3, -0.25) is 52.8 Å². The number of unbranched alkanes of at least 4 members (excludes halogenated alkanes) is 2. The third kappa shape index (κ3) is 26.4. The topological polar surface area (TPSA) is 338 Å². The number of hydrogen-bond acceptors (Lipinski definition) is 18. The van der Waals surface area contributed by atoms with Gasteiger partial charge in [0, 0.05) is 171 Å². The van der Waals surface area contributed by atoms with Crippen molar-refractivity contribution in [2.24, 2.45) is 53.1 Å². The number of likely N-dealkylation sites (N-methyl/N-ethyl adjacent to an activating group) is 3. The van der Waals surface area contributed by atoms with E-state index in [2.05, 4.69) is 25.8 Å². The van der Waals surface area contributed by atoms with E-state index in [0.29, 0.717) is 84.2 Å². The number of rotatable bonds is 43. The second-order valence-electron chi connectivity index (χ2n) is 30.3. The van der Waals surface area contributed by atoms with Gasteiger partial charge in [0.1, 0.15) is 5.78 Å². The number of anilines is 1. The van der Waals surface area contributed by atoms with Crippen LogP contribution in [0.2, 0.25) is 0 Å². The molecule has 12 atom stereocenters. The van der Waals surface area contributed by atoms with Gasteiger partial charge >= 0.3 is 12.1 Å². The van der Waals surface area contributed by atoms with Crippen molar-refractivity contribution in [2.75, 3.05) is 86.0 Å². The number of aliphatic hydroxyl groups is 1. The molecule has 27 heteroatoms. The van der Waals surface area contributed by atoms with E-state index in [9.17, 15) is 57.8 Å². The number of ketones is 3. The molecule has 0 aliphatic carbocycles. The van der Waals surface area contributed by atoms with E-state index in [1.54, 1.807) is 67.8 Å². The molecule has 0 bridgehead atoms. The van der Waals surface area contributed by atoms with Crippen LogP contribution in [0.1, 0.15) is 201 Å². The fraction of sp³-hybridized carbons (Fsp3) is 0.667. The molecule has 0 saturated carbocycles. The number of urea groups is 1. The summed E-state index contributed by atoms with van der Waals surface area (Å²) in [6.07, 6.45) is 3.15. The molecule has 3 aliphatic rings. The van der Waals surface area contributed by atoms with E-state index in [4.69, 9.17) is 15.2 Å². The molecule has 3 aliphatic heterocycles. The number of ether oxygens (including phenoxy) is 2. The van der Waals surface area contributed by atoms with Crippen molar-refractivity contribution < 1.29 is 72.1 Å². The maximum atomic E-state index is 15.2. The van der Waals surface area contributed by atoms with Crippen molar-refractivity contribution in [1.82, 2.24) is 45.0 Å². The van der Waals surface area contributed by atoms with Crippen LogP contribution in [0.3, 0.4) is 0 Å². The van der Waals surface area contributed by atoms with Crippen LogP contribution in [0, 0.1) is 47.3 Å². The molecule has 0 spiro atoms. The normalized spacial score (nSPS) is 17.8. The first-order chi connectivity index (χ1) is 51.4. The van der Waals surface area contributed by atoms with Crippen LogP contribution in [0.4, 0.5) is 15.3 Å². The van der Waals surface area contributed by atoms with Crippen LogP contribution in [0.25, 0.3) is 0 Å². The number of amides is 10. The molecule has 0 radical (unpaired) electrons. The van der Waals surface area contributed by atoms with Crippen molar-refractivity contribution in [3.63, 3.8) is 0 Å². The predicted molar refractivity (Wildman–Crippen MR) is 416 cm³/mol. The van der Waals surface area contributed by atoms with Gasteiger partial charge in [0.2, 0.25) is 41.5 Å². The van der Waals surface area contributed by atoms with Crippen LogP contribution < -0.4 is 21.7 Å². The van der Waals surface area contributed by atoms with Crippen LogP contribution in [-0.4, -0.2) is 221 Å². The maximum absolute atomic E-state index is 15.2. The van der Waals surface area contributed by atoms with Gasteiger partial charge in [-0.1, -0.05) is 131 Å². The molecule has 6 N–H and O–H groups in total. The number of imide groups is 1. The number of aliphatic hydroxyl groups excluding tert-OH is 1. The zero-order chi connectivity index (χ0) is 80.1. The third-order valence-electron chi connectivity index (χ3n) is 21.7. The number of Topliss-reactive ketones (excluding diaryl/α,β-unsaturated/α-hetero) is 3. The zero-order valence-electron chi connectivity index (χ0n) is 66.8. The summed E-state index contributed by atoms with van der Waals surface area (Å²) in [5.41, 5.74) is 6.95. The molecule has 26 nitrogen and oxygen atoms in total. The zero-order valence-corrected chi connectivity index (χ0v) is 67.6. The number of methoxy groups -OCH3 is 1. The first kappa shape index (κ1) is 90.6. The van der Waals surface area contributed by atoms with Gasteiger partial charge in [0.15, 0.2) is 11.6 Å². The quantitative estimate of drug-likeness (QED) is 0.0260.